The van der Waals surface area contributed by atoms with Gasteiger partial charge in [-0.3, -0.25) is 19.4 Å². The van der Waals surface area contributed by atoms with E-state index in [-0.39, 0.29) is 0 Å². The Morgan fingerprint density at radius 2 is 1.57 bits per heavy atom. The van der Waals surface area contributed by atoms with Gasteiger partial charge in [0.2, 0.25) is 5.71 Å². The molecule has 0 aromatic carbocycles. The molecule has 1 radical (unpaired) electrons. The molecule has 0 bridgehead atoms. The second-order valence-corrected chi connectivity index (χ2v) is 2.58. The van der Waals surface area contributed by atoms with Gasteiger partial charge in [0, 0.05) is 14.1 Å². The van der Waals surface area contributed by atoms with Crippen molar-refractivity contribution >= 4 is 23.6 Å². The van der Waals surface area contributed by atoms with Crippen LogP contribution in [0.4, 0.5) is 4.79 Å². The number of amides is 4. The first kappa shape index (κ1) is 10.2. The van der Waals surface area contributed by atoms with E-state index in [1.54, 1.807) is 0 Å². The molecule has 0 aliphatic carbocycles. The molecule has 0 spiro atoms. The Kier molecular flexibility index (Phi) is 2.50. The molecular weight excluding hydrogens is 190 g/mol. The van der Waals surface area contributed by atoms with Crippen LogP contribution < -0.4 is 0 Å². The van der Waals surface area contributed by atoms with E-state index in [9.17, 15) is 14.4 Å². The van der Waals surface area contributed by atoms with Gasteiger partial charge in [0.05, 0.1) is 0 Å². The first-order chi connectivity index (χ1) is 6.50. The molecule has 4 amide bonds. The van der Waals surface area contributed by atoms with Gasteiger partial charge in [0.25, 0.3) is 11.8 Å². The molecule has 75 valence electrons. The minimum absolute atomic E-state index is 0.468. The fourth-order valence-electron chi connectivity index (χ4n) is 0.951. The van der Waals surface area contributed by atoms with Gasteiger partial charge in [-0.25, -0.2) is 4.79 Å². The molecule has 1 heterocycles. The average Bonchev–Trinajstić information content (AvgIpc) is 2.19. The Bertz CT molecular complexity index is 310. The lowest BCUT2D eigenvalue weighted by atomic mass is 10.2. The highest BCUT2D eigenvalue weighted by Gasteiger charge is 2.40. The molecule has 1 rings (SSSR count). The molecule has 14 heavy (non-hydrogen) atoms. The van der Waals surface area contributed by atoms with E-state index >= 15 is 0 Å². The number of hydrogen-bond acceptors (Lipinski definition) is 5. The average molecular weight is 198 g/mol. The largest absolute Gasteiger partial charge is 0.391 e. The molecular formula is C7H8N3O4. The summed E-state index contributed by atoms with van der Waals surface area (Å²) in [4.78, 5) is 39.4. The van der Waals surface area contributed by atoms with Crippen molar-refractivity contribution in [3.63, 3.8) is 0 Å². The number of urea groups is 1. The Morgan fingerprint density at radius 1 is 1.14 bits per heavy atom. The zero-order chi connectivity index (χ0) is 10.9. The number of oxime groups is 1. The van der Waals surface area contributed by atoms with Crippen molar-refractivity contribution in [2.45, 2.75) is 0 Å². The maximum Gasteiger partial charge on any atom is 0.333 e. The predicted octanol–water partition coefficient (Wildman–Crippen LogP) is -0.799. The molecule has 0 aromatic heterocycles. The lowest BCUT2D eigenvalue weighted by Gasteiger charge is -2.27. The summed E-state index contributed by atoms with van der Waals surface area (Å²) in [6, 6.07) is -0.706. The Balaban J connectivity index is 3.11. The van der Waals surface area contributed by atoms with E-state index in [1.165, 1.54) is 14.1 Å². The van der Waals surface area contributed by atoms with Crippen molar-refractivity contribution in [3.8, 4) is 0 Å². The van der Waals surface area contributed by atoms with Gasteiger partial charge in [-0.2, -0.15) is 0 Å². The number of rotatable bonds is 1. The van der Waals surface area contributed by atoms with Crippen LogP contribution in [-0.4, -0.2) is 47.5 Å². The van der Waals surface area contributed by atoms with E-state index in [0.29, 0.717) is 0 Å². The molecule has 0 saturated carbocycles. The molecule has 7 nitrogen and oxygen atoms in total. The highest BCUT2D eigenvalue weighted by Crippen LogP contribution is 2.06. The van der Waals surface area contributed by atoms with E-state index in [2.05, 4.69) is 17.1 Å². The monoisotopic (exact) mass is 198 g/mol. The van der Waals surface area contributed by atoms with Gasteiger partial charge in [-0.05, 0) is 0 Å². The molecule has 0 unspecified atom stereocenters. The third-order valence-electron chi connectivity index (χ3n) is 1.74. The lowest BCUT2D eigenvalue weighted by molar-refractivity contribution is -0.129. The molecule has 7 heteroatoms. The highest BCUT2D eigenvalue weighted by atomic mass is 16.6. The molecule has 1 fully saturated rings. The second-order valence-electron chi connectivity index (χ2n) is 2.58. The van der Waals surface area contributed by atoms with E-state index < -0.39 is 23.6 Å². The van der Waals surface area contributed by atoms with Crippen LogP contribution in [0, 0.1) is 7.11 Å². The zero-order valence-electron chi connectivity index (χ0n) is 7.68. The first-order valence-corrected chi connectivity index (χ1v) is 3.60. The normalized spacial score (nSPS) is 17.6. The predicted molar refractivity (Wildman–Crippen MR) is 44.8 cm³/mol. The van der Waals surface area contributed by atoms with Crippen molar-refractivity contribution < 1.29 is 19.2 Å². The molecule has 1 saturated heterocycles. The molecule has 0 atom stereocenters. The highest BCUT2D eigenvalue weighted by molar-refractivity contribution is 6.68. The zero-order valence-corrected chi connectivity index (χ0v) is 7.68. The Hall–Kier alpha value is -1.92. The van der Waals surface area contributed by atoms with Crippen LogP contribution in [0.1, 0.15) is 0 Å². The van der Waals surface area contributed by atoms with Crippen LogP contribution >= 0.6 is 0 Å². The van der Waals surface area contributed by atoms with Crippen LogP contribution in [0.15, 0.2) is 5.16 Å². The SMILES string of the molecule is [CH2]ON=C1C(=O)N(C)C(=O)N(C)C1=O. The van der Waals surface area contributed by atoms with Crippen LogP contribution in [-0.2, 0) is 14.4 Å². The fraction of sp³-hybridized carbons (Fsp3) is 0.286. The van der Waals surface area contributed by atoms with Crippen LogP contribution in [0.25, 0.3) is 0 Å². The summed E-state index contributed by atoms with van der Waals surface area (Å²) in [6.07, 6.45) is 0. The summed E-state index contributed by atoms with van der Waals surface area (Å²) in [5, 5.41) is 3.15. The third kappa shape index (κ3) is 1.32. The molecule has 0 aromatic rings. The summed E-state index contributed by atoms with van der Waals surface area (Å²) < 4.78 is 0. The van der Waals surface area contributed by atoms with E-state index in [4.69, 9.17) is 0 Å². The topological polar surface area (TPSA) is 79.3 Å². The molecule has 1 aliphatic rings. The minimum Gasteiger partial charge on any atom is -0.391 e. The number of nitrogens with zero attached hydrogens (tertiary/aromatic N) is 3. The summed E-state index contributed by atoms with van der Waals surface area (Å²) >= 11 is 0. The van der Waals surface area contributed by atoms with Crippen LogP contribution in [0.3, 0.4) is 0 Å². The Morgan fingerprint density at radius 3 is 1.93 bits per heavy atom. The second kappa shape index (κ2) is 3.44. The minimum atomic E-state index is -0.804. The summed E-state index contributed by atoms with van der Waals surface area (Å²) in [6.45, 7) is 0. The quantitative estimate of drug-likeness (QED) is 0.517. The lowest BCUT2D eigenvalue weighted by Crippen LogP contribution is -2.57. The van der Waals surface area contributed by atoms with Crippen molar-refractivity contribution in [2.75, 3.05) is 14.1 Å². The van der Waals surface area contributed by atoms with Crippen LogP contribution in [0.5, 0.6) is 0 Å². The Labute approximate surface area is 79.9 Å². The maximum atomic E-state index is 11.3. The number of carbonyl (C=O) groups is 3. The van der Waals surface area contributed by atoms with Crippen LogP contribution in [0.2, 0.25) is 0 Å². The number of imide groups is 2. The van der Waals surface area contributed by atoms with Gasteiger partial charge in [0.15, 0.2) is 7.11 Å². The van der Waals surface area contributed by atoms with Crippen molar-refractivity contribution in [3.05, 3.63) is 7.11 Å². The van der Waals surface area contributed by atoms with Crippen molar-refractivity contribution in [2.24, 2.45) is 5.16 Å². The molecule has 1 aliphatic heterocycles. The van der Waals surface area contributed by atoms with Gasteiger partial charge in [-0.15, -0.1) is 0 Å². The van der Waals surface area contributed by atoms with Crippen molar-refractivity contribution in [1.29, 1.82) is 0 Å². The summed E-state index contributed by atoms with van der Waals surface area (Å²) in [5.74, 6) is -1.61. The third-order valence-corrected chi connectivity index (χ3v) is 1.74. The maximum absolute atomic E-state index is 11.3. The number of hydrogen-bond donors (Lipinski definition) is 0. The van der Waals surface area contributed by atoms with Gasteiger partial charge in [-0.1, -0.05) is 5.16 Å². The first-order valence-electron chi connectivity index (χ1n) is 3.60. The smallest absolute Gasteiger partial charge is 0.333 e. The van der Waals surface area contributed by atoms with Crippen molar-refractivity contribution in [1.82, 2.24) is 9.80 Å². The summed E-state index contributed by atoms with van der Waals surface area (Å²) in [7, 11) is 5.39. The fourth-order valence-corrected chi connectivity index (χ4v) is 0.951. The van der Waals surface area contributed by atoms with Gasteiger partial charge in [0.1, 0.15) is 0 Å². The molecule has 0 N–H and O–H groups in total. The van der Waals surface area contributed by atoms with E-state index in [1.807, 2.05) is 0 Å². The van der Waals surface area contributed by atoms with E-state index in [0.717, 1.165) is 9.80 Å². The number of barbiturate groups is 1. The van der Waals surface area contributed by atoms with Gasteiger partial charge >= 0.3 is 6.03 Å². The van der Waals surface area contributed by atoms with Gasteiger partial charge < -0.3 is 4.84 Å². The standard InChI is InChI=1S/C7H8N3O4/c1-9-5(11)4(8-14-3)6(12)10(2)7(9)13/h3H2,1-2H3. The summed E-state index contributed by atoms with van der Waals surface area (Å²) in [5.41, 5.74) is -0.468. The number of carbonyl (C=O) groups excluding carboxylic acids is 3.